The van der Waals surface area contributed by atoms with Gasteiger partial charge < -0.3 is 19.7 Å². The molecule has 2 aromatic carbocycles. The van der Waals surface area contributed by atoms with Crippen molar-refractivity contribution < 1.29 is 28.5 Å². The molecule has 4 rings (SSSR count). The van der Waals surface area contributed by atoms with Crippen LogP contribution < -0.4 is 0 Å². The summed E-state index contributed by atoms with van der Waals surface area (Å²) in [5, 5.41) is 20.6. The van der Waals surface area contributed by atoms with Crippen LogP contribution in [0.4, 0.5) is 8.78 Å². The molecule has 2 fully saturated rings. The third-order valence-corrected chi connectivity index (χ3v) is 6.19. The lowest BCUT2D eigenvalue weighted by atomic mass is 10.0. The van der Waals surface area contributed by atoms with E-state index in [-0.39, 0.29) is 30.4 Å². The first-order valence-electron chi connectivity index (χ1n) is 11.0. The highest BCUT2D eigenvalue weighted by molar-refractivity contribution is 5.18. The molecular weight excluding hydrogens is 418 g/mol. The molecule has 4 atom stereocenters. The van der Waals surface area contributed by atoms with Gasteiger partial charge in [-0.25, -0.2) is 8.78 Å². The molecular formula is C24H30F2N2O4. The van der Waals surface area contributed by atoms with Crippen LogP contribution in [0.3, 0.4) is 0 Å². The molecule has 174 valence electrons. The van der Waals surface area contributed by atoms with E-state index in [1.54, 1.807) is 24.3 Å². The van der Waals surface area contributed by atoms with Gasteiger partial charge in [-0.05, 0) is 35.4 Å². The number of ether oxygens (including phenoxy) is 2. The number of rotatable bonds is 8. The summed E-state index contributed by atoms with van der Waals surface area (Å²) in [5.41, 5.74) is 1.88. The van der Waals surface area contributed by atoms with Crippen LogP contribution in [0.25, 0.3) is 0 Å². The van der Waals surface area contributed by atoms with E-state index >= 15 is 0 Å². The number of halogens is 2. The summed E-state index contributed by atoms with van der Waals surface area (Å²) in [5.74, 6) is -0.585. The van der Waals surface area contributed by atoms with Crippen molar-refractivity contribution in [3.63, 3.8) is 0 Å². The van der Waals surface area contributed by atoms with Crippen LogP contribution in [0.1, 0.15) is 11.1 Å². The SMILES string of the molecule is OC[C@@H]1O[C@@H](CN(Cc2ccc(F)cc2)Cc2ccc(F)cc2)[C@@H](N2CCOCC2)[C@@H]1O. The fourth-order valence-electron chi connectivity index (χ4n) is 4.59. The normalized spacial score (nSPS) is 26.7. The minimum atomic E-state index is -0.804. The first-order valence-corrected chi connectivity index (χ1v) is 11.0. The van der Waals surface area contributed by atoms with E-state index in [4.69, 9.17) is 9.47 Å². The van der Waals surface area contributed by atoms with Crippen LogP contribution in [0.2, 0.25) is 0 Å². The van der Waals surface area contributed by atoms with Crippen LogP contribution in [0.15, 0.2) is 48.5 Å². The minimum Gasteiger partial charge on any atom is -0.394 e. The first-order chi connectivity index (χ1) is 15.5. The lowest BCUT2D eigenvalue weighted by Gasteiger charge is -2.37. The quantitative estimate of drug-likeness (QED) is 0.642. The summed E-state index contributed by atoms with van der Waals surface area (Å²) in [6, 6.07) is 12.4. The topological polar surface area (TPSA) is 65.4 Å². The van der Waals surface area contributed by atoms with E-state index in [0.29, 0.717) is 45.9 Å². The Morgan fingerprint density at radius 2 is 1.41 bits per heavy atom. The molecule has 2 heterocycles. The number of aliphatic hydroxyl groups is 2. The number of hydrogen-bond donors (Lipinski definition) is 2. The van der Waals surface area contributed by atoms with Gasteiger partial charge in [-0.15, -0.1) is 0 Å². The van der Waals surface area contributed by atoms with E-state index in [0.717, 1.165) is 11.1 Å². The first kappa shape index (κ1) is 23.2. The fourth-order valence-corrected chi connectivity index (χ4v) is 4.59. The van der Waals surface area contributed by atoms with Crippen LogP contribution in [0, 0.1) is 11.6 Å². The molecule has 8 heteroatoms. The van der Waals surface area contributed by atoms with Crippen LogP contribution in [-0.4, -0.2) is 83.8 Å². The molecule has 2 aliphatic heterocycles. The molecule has 0 saturated carbocycles. The van der Waals surface area contributed by atoms with Gasteiger partial charge in [-0.1, -0.05) is 24.3 Å². The lowest BCUT2D eigenvalue weighted by molar-refractivity contribution is -0.0373. The summed E-state index contributed by atoms with van der Waals surface area (Å²) < 4.78 is 38.3. The van der Waals surface area contributed by atoms with E-state index in [2.05, 4.69) is 9.80 Å². The maximum atomic E-state index is 13.4. The Morgan fingerprint density at radius 1 is 0.875 bits per heavy atom. The molecule has 2 aliphatic rings. The standard InChI is InChI=1S/C24H30F2N2O4/c25-19-5-1-17(2-6-19)13-27(14-18-3-7-20(26)8-4-18)15-21-23(24(30)22(16-29)32-21)28-9-11-31-12-10-28/h1-8,21-24,29-30H,9-16H2/t21-,22-,23+,24+/m0/s1. The Labute approximate surface area is 187 Å². The second-order valence-corrected chi connectivity index (χ2v) is 8.45. The summed E-state index contributed by atoms with van der Waals surface area (Å²) in [7, 11) is 0. The Morgan fingerprint density at radius 3 is 1.91 bits per heavy atom. The summed E-state index contributed by atoms with van der Waals surface area (Å²) in [6.07, 6.45) is -1.78. The van der Waals surface area contributed by atoms with E-state index < -0.39 is 12.2 Å². The number of aliphatic hydroxyl groups excluding tert-OH is 2. The number of morpholine rings is 1. The van der Waals surface area contributed by atoms with Gasteiger partial charge in [0.15, 0.2) is 0 Å². The summed E-state index contributed by atoms with van der Waals surface area (Å²) in [4.78, 5) is 4.31. The van der Waals surface area contributed by atoms with Gasteiger partial charge in [0, 0.05) is 32.7 Å². The molecule has 2 saturated heterocycles. The zero-order valence-corrected chi connectivity index (χ0v) is 17.9. The van der Waals surface area contributed by atoms with Crippen molar-refractivity contribution in [2.75, 3.05) is 39.5 Å². The largest absolute Gasteiger partial charge is 0.394 e. The smallest absolute Gasteiger partial charge is 0.123 e. The molecule has 0 unspecified atom stereocenters. The van der Waals surface area contributed by atoms with E-state index in [9.17, 15) is 19.0 Å². The highest BCUT2D eigenvalue weighted by Gasteiger charge is 2.46. The highest BCUT2D eigenvalue weighted by atomic mass is 19.1. The molecule has 32 heavy (non-hydrogen) atoms. The average Bonchev–Trinajstić information content (AvgIpc) is 3.12. The predicted octanol–water partition coefficient (Wildman–Crippen LogP) is 1.79. The van der Waals surface area contributed by atoms with Crippen LogP contribution >= 0.6 is 0 Å². The Hall–Kier alpha value is -1.94. The molecule has 0 amide bonds. The van der Waals surface area contributed by atoms with Gasteiger partial charge in [0.1, 0.15) is 23.8 Å². The average molecular weight is 449 g/mol. The lowest BCUT2D eigenvalue weighted by Crippen LogP contribution is -2.54. The molecule has 6 nitrogen and oxygen atoms in total. The van der Waals surface area contributed by atoms with Gasteiger partial charge in [0.05, 0.1) is 32.0 Å². The second-order valence-electron chi connectivity index (χ2n) is 8.45. The maximum Gasteiger partial charge on any atom is 0.123 e. The Kier molecular flexibility index (Phi) is 7.83. The van der Waals surface area contributed by atoms with Crippen molar-refractivity contribution in [1.29, 1.82) is 0 Å². The number of benzene rings is 2. The zero-order valence-electron chi connectivity index (χ0n) is 17.9. The number of nitrogens with zero attached hydrogens (tertiary/aromatic N) is 2. The van der Waals surface area contributed by atoms with Crippen molar-refractivity contribution >= 4 is 0 Å². The van der Waals surface area contributed by atoms with Crippen LogP contribution in [0.5, 0.6) is 0 Å². The van der Waals surface area contributed by atoms with E-state index in [1.165, 1.54) is 24.3 Å². The predicted molar refractivity (Wildman–Crippen MR) is 115 cm³/mol. The molecule has 0 aliphatic carbocycles. The van der Waals surface area contributed by atoms with Gasteiger partial charge in [0.25, 0.3) is 0 Å². The highest BCUT2D eigenvalue weighted by Crippen LogP contribution is 2.28. The van der Waals surface area contributed by atoms with Gasteiger partial charge in [-0.2, -0.15) is 0 Å². The van der Waals surface area contributed by atoms with Gasteiger partial charge >= 0.3 is 0 Å². The molecule has 2 N–H and O–H groups in total. The molecule has 2 aromatic rings. The zero-order chi connectivity index (χ0) is 22.5. The van der Waals surface area contributed by atoms with Crippen molar-refractivity contribution in [2.24, 2.45) is 0 Å². The molecule has 0 bridgehead atoms. The summed E-state index contributed by atoms with van der Waals surface area (Å²) in [6.45, 7) is 3.87. The fraction of sp³-hybridized carbons (Fsp3) is 0.500. The molecule has 0 aromatic heterocycles. The van der Waals surface area contributed by atoms with Gasteiger partial charge in [-0.3, -0.25) is 9.80 Å². The molecule has 0 radical (unpaired) electrons. The van der Waals surface area contributed by atoms with Crippen molar-refractivity contribution in [3.8, 4) is 0 Å². The minimum absolute atomic E-state index is 0.256. The van der Waals surface area contributed by atoms with Crippen molar-refractivity contribution in [1.82, 2.24) is 9.80 Å². The van der Waals surface area contributed by atoms with E-state index in [1.807, 2.05) is 0 Å². The Bertz CT molecular complexity index is 799. The van der Waals surface area contributed by atoms with Crippen LogP contribution in [-0.2, 0) is 22.6 Å². The second kappa shape index (κ2) is 10.8. The third-order valence-electron chi connectivity index (χ3n) is 6.19. The molecule has 0 spiro atoms. The Balaban J connectivity index is 1.54. The monoisotopic (exact) mass is 448 g/mol. The summed E-state index contributed by atoms with van der Waals surface area (Å²) >= 11 is 0. The van der Waals surface area contributed by atoms with Crippen molar-refractivity contribution in [2.45, 2.75) is 37.4 Å². The third kappa shape index (κ3) is 5.70. The van der Waals surface area contributed by atoms with Crippen molar-refractivity contribution in [3.05, 3.63) is 71.3 Å². The van der Waals surface area contributed by atoms with Gasteiger partial charge in [0.2, 0.25) is 0 Å². The maximum absolute atomic E-state index is 13.4. The number of hydrogen-bond acceptors (Lipinski definition) is 6.